The number of allylic oxidation sites excluding steroid dienone is 5. The lowest BCUT2D eigenvalue weighted by Crippen LogP contribution is -2.36. The van der Waals surface area contributed by atoms with Crippen molar-refractivity contribution in [2.24, 2.45) is 17.3 Å². The largest absolute Gasteiger partial charge is 0.393 e. The van der Waals surface area contributed by atoms with Crippen molar-refractivity contribution in [1.29, 1.82) is 0 Å². The predicted molar refractivity (Wildman–Crippen MR) is 125 cm³/mol. The zero-order valence-corrected chi connectivity index (χ0v) is 19.8. The van der Waals surface area contributed by atoms with Gasteiger partial charge in [0, 0.05) is 6.42 Å². The van der Waals surface area contributed by atoms with Gasteiger partial charge in [-0.05, 0) is 87.2 Å². The molecule has 2 fully saturated rings. The van der Waals surface area contributed by atoms with Crippen LogP contribution >= 0.6 is 0 Å². The van der Waals surface area contributed by atoms with E-state index < -0.39 is 23.9 Å². The fourth-order valence-electron chi connectivity index (χ4n) is 6.00. The van der Waals surface area contributed by atoms with Crippen molar-refractivity contribution in [2.45, 2.75) is 103 Å². The lowest BCUT2D eigenvalue weighted by molar-refractivity contribution is -0.0532. The standard InChI is InChI=1S/C27H42O4/c1-17(8-13-25(30)26(3,4)31)22-11-12-23-19(7-6-14-27(22,23)5)9-10-20-15-21(28)16-24(29)18(20)2/h9-11,17,21,23-25,28-31H,2,6-8,12-16H2,1,3-5H3/b19-9+,20-10-/t17-,21+,23+,24+,25?,27-/m1/s1. The molecule has 0 saturated heterocycles. The van der Waals surface area contributed by atoms with Gasteiger partial charge in [-0.1, -0.05) is 49.8 Å². The van der Waals surface area contributed by atoms with Crippen molar-refractivity contribution >= 4 is 0 Å². The molecule has 0 radical (unpaired) electrons. The number of aliphatic hydroxyl groups excluding tert-OH is 3. The zero-order valence-electron chi connectivity index (χ0n) is 19.8. The van der Waals surface area contributed by atoms with Crippen LogP contribution in [0, 0.1) is 17.3 Å². The van der Waals surface area contributed by atoms with Gasteiger partial charge in [0.15, 0.2) is 0 Å². The van der Waals surface area contributed by atoms with Gasteiger partial charge in [0.1, 0.15) is 0 Å². The summed E-state index contributed by atoms with van der Waals surface area (Å²) in [7, 11) is 0. The average Bonchev–Trinajstić information content (AvgIpc) is 3.04. The minimum atomic E-state index is -1.06. The molecular weight excluding hydrogens is 388 g/mol. The third-order valence-electron chi connectivity index (χ3n) is 8.09. The molecule has 174 valence electrons. The van der Waals surface area contributed by atoms with Crippen LogP contribution in [0.2, 0.25) is 0 Å². The van der Waals surface area contributed by atoms with E-state index in [9.17, 15) is 20.4 Å². The first-order valence-electron chi connectivity index (χ1n) is 12.0. The molecule has 31 heavy (non-hydrogen) atoms. The Morgan fingerprint density at radius 2 is 1.97 bits per heavy atom. The van der Waals surface area contributed by atoms with E-state index in [2.05, 4.69) is 38.7 Å². The number of aliphatic hydroxyl groups is 4. The molecule has 0 aliphatic heterocycles. The van der Waals surface area contributed by atoms with Gasteiger partial charge in [0.2, 0.25) is 0 Å². The second-order valence-corrected chi connectivity index (χ2v) is 10.9. The van der Waals surface area contributed by atoms with Crippen LogP contribution in [0.15, 0.2) is 47.1 Å². The lowest BCUT2D eigenvalue weighted by atomic mass is 9.62. The van der Waals surface area contributed by atoms with E-state index in [-0.39, 0.29) is 5.41 Å². The Hall–Kier alpha value is -1.20. The third kappa shape index (κ3) is 5.24. The maximum Gasteiger partial charge on any atom is 0.0849 e. The fourth-order valence-corrected chi connectivity index (χ4v) is 6.00. The van der Waals surface area contributed by atoms with E-state index in [1.807, 2.05) is 0 Å². The highest BCUT2D eigenvalue weighted by Gasteiger charge is 2.46. The second kappa shape index (κ2) is 9.35. The van der Waals surface area contributed by atoms with E-state index in [1.165, 1.54) is 17.6 Å². The smallest absolute Gasteiger partial charge is 0.0849 e. The molecule has 0 heterocycles. The number of hydrogen-bond donors (Lipinski definition) is 4. The minimum Gasteiger partial charge on any atom is -0.393 e. The second-order valence-electron chi connectivity index (χ2n) is 10.9. The molecule has 0 aromatic carbocycles. The van der Waals surface area contributed by atoms with Crippen LogP contribution in [-0.2, 0) is 0 Å². The molecule has 0 aromatic heterocycles. The Morgan fingerprint density at radius 1 is 1.26 bits per heavy atom. The number of rotatable bonds is 6. The van der Waals surface area contributed by atoms with Crippen molar-refractivity contribution in [3.63, 3.8) is 0 Å². The van der Waals surface area contributed by atoms with Gasteiger partial charge >= 0.3 is 0 Å². The van der Waals surface area contributed by atoms with Gasteiger partial charge in [-0.3, -0.25) is 0 Å². The van der Waals surface area contributed by atoms with Crippen molar-refractivity contribution in [2.75, 3.05) is 0 Å². The van der Waals surface area contributed by atoms with E-state index >= 15 is 0 Å². The summed E-state index contributed by atoms with van der Waals surface area (Å²) in [6.45, 7) is 12.0. The Bertz CT molecular complexity index is 769. The van der Waals surface area contributed by atoms with Crippen LogP contribution in [0.4, 0.5) is 0 Å². The quantitative estimate of drug-likeness (QED) is 0.465. The van der Waals surface area contributed by atoms with E-state index in [4.69, 9.17) is 0 Å². The summed E-state index contributed by atoms with van der Waals surface area (Å²) in [5, 5.41) is 40.4. The lowest BCUT2D eigenvalue weighted by Gasteiger charge is -2.43. The summed E-state index contributed by atoms with van der Waals surface area (Å²) in [4.78, 5) is 0. The summed E-state index contributed by atoms with van der Waals surface area (Å²) in [5.41, 5.74) is 3.75. The normalized spacial score (nSPS) is 36.5. The molecule has 3 aliphatic rings. The maximum absolute atomic E-state index is 10.2. The molecule has 4 N–H and O–H groups in total. The molecule has 0 aromatic rings. The highest BCUT2D eigenvalue weighted by atomic mass is 16.3. The summed E-state index contributed by atoms with van der Waals surface area (Å²) < 4.78 is 0. The Kier molecular flexibility index (Phi) is 7.37. The minimum absolute atomic E-state index is 0.143. The number of hydrogen-bond acceptors (Lipinski definition) is 4. The van der Waals surface area contributed by atoms with Crippen LogP contribution in [0.5, 0.6) is 0 Å². The monoisotopic (exact) mass is 430 g/mol. The molecule has 3 aliphatic carbocycles. The van der Waals surface area contributed by atoms with Crippen LogP contribution in [0.25, 0.3) is 0 Å². The summed E-state index contributed by atoms with van der Waals surface area (Å²) in [6.07, 6.45) is 11.8. The Balaban J connectivity index is 1.72. The van der Waals surface area contributed by atoms with Crippen LogP contribution in [0.1, 0.15) is 79.1 Å². The first-order valence-corrected chi connectivity index (χ1v) is 12.0. The molecular formula is C27H42O4. The molecule has 0 amide bonds. The Morgan fingerprint density at radius 3 is 2.65 bits per heavy atom. The van der Waals surface area contributed by atoms with E-state index in [1.54, 1.807) is 13.8 Å². The van der Waals surface area contributed by atoms with Crippen LogP contribution < -0.4 is 0 Å². The van der Waals surface area contributed by atoms with Gasteiger partial charge in [0.05, 0.1) is 23.9 Å². The predicted octanol–water partition coefficient (Wildman–Crippen LogP) is 4.60. The van der Waals surface area contributed by atoms with Gasteiger partial charge in [-0.2, -0.15) is 0 Å². The number of fused-ring (bicyclic) bond motifs is 1. The third-order valence-corrected chi connectivity index (χ3v) is 8.09. The van der Waals surface area contributed by atoms with Gasteiger partial charge in [-0.15, -0.1) is 0 Å². The molecule has 4 nitrogen and oxygen atoms in total. The Labute approximate surface area is 188 Å². The average molecular weight is 431 g/mol. The maximum atomic E-state index is 10.2. The molecule has 0 bridgehead atoms. The molecule has 6 atom stereocenters. The SMILES string of the molecule is C=C1/C(=C\C=C2/CCC[C@]3(C)C([C@H](C)CCC(O)C(C)(C)O)=CC[C@@H]23)C[C@H](O)C[C@@H]1O. The summed E-state index contributed by atoms with van der Waals surface area (Å²) in [5.74, 6) is 0.870. The molecule has 3 rings (SSSR count). The molecule has 4 heteroatoms. The van der Waals surface area contributed by atoms with Crippen molar-refractivity contribution in [3.8, 4) is 0 Å². The van der Waals surface area contributed by atoms with Crippen molar-refractivity contribution in [3.05, 3.63) is 47.1 Å². The first-order chi connectivity index (χ1) is 14.4. The van der Waals surface area contributed by atoms with Gasteiger partial charge in [0.25, 0.3) is 0 Å². The highest BCUT2D eigenvalue weighted by molar-refractivity contribution is 5.40. The van der Waals surface area contributed by atoms with Crippen LogP contribution in [0.3, 0.4) is 0 Å². The summed E-state index contributed by atoms with van der Waals surface area (Å²) >= 11 is 0. The van der Waals surface area contributed by atoms with Crippen LogP contribution in [-0.4, -0.2) is 44.3 Å². The van der Waals surface area contributed by atoms with Crippen molar-refractivity contribution < 1.29 is 20.4 Å². The van der Waals surface area contributed by atoms with Gasteiger partial charge < -0.3 is 20.4 Å². The topological polar surface area (TPSA) is 80.9 Å². The fraction of sp³-hybridized carbons (Fsp3) is 0.704. The molecule has 2 saturated carbocycles. The van der Waals surface area contributed by atoms with E-state index in [0.717, 1.165) is 36.8 Å². The van der Waals surface area contributed by atoms with Gasteiger partial charge in [-0.25, -0.2) is 0 Å². The molecule has 0 spiro atoms. The van der Waals surface area contributed by atoms with Crippen molar-refractivity contribution in [1.82, 2.24) is 0 Å². The molecule has 1 unspecified atom stereocenters. The first kappa shape index (κ1) is 24.4. The highest BCUT2D eigenvalue weighted by Crippen LogP contribution is 2.57. The van der Waals surface area contributed by atoms with E-state index in [0.29, 0.717) is 31.1 Å². The summed E-state index contributed by atoms with van der Waals surface area (Å²) in [6, 6.07) is 0. The zero-order chi connectivity index (χ0) is 23.0.